The molecule has 0 bridgehead atoms. The van der Waals surface area contributed by atoms with Crippen molar-refractivity contribution in [2.45, 2.75) is 13.3 Å². The van der Waals surface area contributed by atoms with E-state index in [1.807, 2.05) is 0 Å². The smallest absolute Gasteiger partial charge is 0.307 e. The van der Waals surface area contributed by atoms with E-state index in [-0.39, 0.29) is 30.5 Å². The number of nitro benzene ring substituents is 1. The maximum absolute atomic E-state index is 12.2. The van der Waals surface area contributed by atoms with E-state index in [0.29, 0.717) is 18.7 Å². The van der Waals surface area contributed by atoms with E-state index in [1.54, 1.807) is 31.2 Å². The van der Waals surface area contributed by atoms with Crippen LogP contribution in [0.5, 0.6) is 0 Å². The number of nitrogens with zero attached hydrogens (tertiary/aromatic N) is 2. The van der Waals surface area contributed by atoms with E-state index < -0.39 is 4.92 Å². The van der Waals surface area contributed by atoms with Crippen molar-refractivity contribution in [2.24, 2.45) is 0 Å². The molecular weight excluding hydrogens is 312 g/mol. The lowest BCUT2D eigenvalue weighted by Crippen LogP contribution is -2.32. The first-order chi connectivity index (χ1) is 11.5. The minimum absolute atomic E-state index is 0.0128. The number of esters is 1. The minimum atomic E-state index is -0.486. The Morgan fingerprint density at radius 1 is 1.33 bits per heavy atom. The Labute approximate surface area is 140 Å². The number of nitro groups is 1. The van der Waals surface area contributed by atoms with Crippen molar-refractivity contribution < 1.29 is 19.2 Å². The van der Waals surface area contributed by atoms with Crippen LogP contribution in [0.1, 0.15) is 18.9 Å². The molecule has 24 heavy (non-hydrogen) atoms. The second kappa shape index (κ2) is 9.94. The van der Waals surface area contributed by atoms with E-state index in [0.717, 1.165) is 0 Å². The maximum Gasteiger partial charge on any atom is 0.307 e. The lowest BCUT2D eigenvalue weighted by atomic mass is 10.2. The van der Waals surface area contributed by atoms with Crippen LogP contribution in [0.15, 0.2) is 43.0 Å². The standard InChI is InChI=1S/C17H20N2O5/c1-3-12-18(13-11-17(21)24-4-2)16(20)10-7-14-5-8-15(9-6-14)19(22)23/h3,5-10H,1,4,11-13H2,2H3/b10-7+. The third-order valence-electron chi connectivity index (χ3n) is 3.07. The summed E-state index contributed by atoms with van der Waals surface area (Å²) >= 11 is 0. The first kappa shape index (κ1) is 19.1. The highest BCUT2D eigenvalue weighted by atomic mass is 16.6. The van der Waals surface area contributed by atoms with Gasteiger partial charge in [-0.3, -0.25) is 19.7 Å². The summed E-state index contributed by atoms with van der Waals surface area (Å²) in [7, 11) is 0. The molecule has 1 aromatic carbocycles. The van der Waals surface area contributed by atoms with Gasteiger partial charge in [0.15, 0.2) is 0 Å². The van der Waals surface area contributed by atoms with Gasteiger partial charge in [0.05, 0.1) is 18.0 Å². The quantitative estimate of drug-likeness (QED) is 0.228. The van der Waals surface area contributed by atoms with E-state index in [2.05, 4.69) is 6.58 Å². The molecule has 0 atom stereocenters. The van der Waals surface area contributed by atoms with Crippen molar-refractivity contribution >= 4 is 23.6 Å². The second-order valence-corrected chi connectivity index (χ2v) is 4.81. The zero-order valence-electron chi connectivity index (χ0n) is 13.5. The summed E-state index contributed by atoms with van der Waals surface area (Å²) in [5.74, 6) is -0.642. The van der Waals surface area contributed by atoms with Gasteiger partial charge in [-0.15, -0.1) is 6.58 Å². The molecule has 0 heterocycles. The van der Waals surface area contributed by atoms with Crippen LogP contribution in [-0.2, 0) is 14.3 Å². The summed E-state index contributed by atoms with van der Waals surface area (Å²) in [4.78, 5) is 35.1. The van der Waals surface area contributed by atoms with Gasteiger partial charge in [-0.05, 0) is 30.7 Å². The fourth-order valence-electron chi connectivity index (χ4n) is 1.89. The van der Waals surface area contributed by atoms with Crippen molar-refractivity contribution in [2.75, 3.05) is 19.7 Å². The van der Waals surface area contributed by atoms with Gasteiger partial charge in [0.1, 0.15) is 0 Å². The first-order valence-electron chi connectivity index (χ1n) is 7.46. The van der Waals surface area contributed by atoms with Crippen LogP contribution in [0.3, 0.4) is 0 Å². The van der Waals surface area contributed by atoms with Gasteiger partial charge in [-0.1, -0.05) is 6.08 Å². The molecule has 0 aliphatic carbocycles. The van der Waals surface area contributed by atoms with Crippen molar-refractivity contribution in [3.63, 3.8) is 0 Å². The average molecular weight is 332 g/mol. The molecule has 7 nitrogen and oxygen atoms in total. The van der Waals surface area contributed by atoms with Gasteiger partial charge in [-0.25, -0.2) is 0 Å². The van der Waals surface area contributed by atoms with Gasteiger partial charge >= 0.3 is 5.97 Å². The Bertz CT molecular complexity index is 622. The molecule has 1 aromatic rings. The monoisotopic (exact) mass is 332 g/mol. The normalized spacial score (nSPS) is 10.4. The number of benzene rings is 1. The molecular formula is C17H20N2O5. The number of non-ortho nitro benzene ring substituents is 1. The molecule has 0 aliphatic heterocycles. The van der Waals surface area contributed by atoms with Crippen LogP contribution < -0.4 is 0 Å². The zero-order valence-corrected chi connectivity index (χ0v) is 13.5. The third kappa shape index (κ3) is 6.43. The number of ether oxygens (including phenoxy) is 1. The second-order valence-electron chi connectivity index (χ2n) is 4.81. The summed E-state index contributed by atoms with van der Waals surface area (Å²) in [6.07, 6.45) is 4.60. The molecule has 0 radical (unpaired) electrons. The predicted octanol–water partition coefficient (Wildman–Crippen LogP) is 2.58. The summed E-state index contributed by atoms with van der Waals surface area (Å²) in [5.41, 5.74) is 0.652. The molecule has 0 spiro atoms. The number of carbonyl (C=O) groups excluding carboxylic acids is 2. The number of hydrogen-bond donors (Lipinski definition) is 0. The minimum Gasteiger partial charge on any atom is -0.466 e. The van der Waals surface area contributed by atoms with E-state index in [1.165, 1.54) is 23.1 Å². The summed E-state index contributed by atoms with van der Waals surface area (Å²) in [6.45, 7) is 6.15. The molecule has 128 valence electrons. The Balaban J connectivity index is 2.67. The topological polar surface area (TPSA) is 89.8 Å². The maximum atomic E-state index is 12.2. The fourth-order valence-corrected chi connectivity index (χ4v) is 1.89. The van der Waals surface area contributed by atoms with E-state index >= 15 is 0 Å². The number of hydrogen-bond acceptors (Lipinski definition) is 5. The molecule has 0 aromatic heterocycles. The van der Waals surface area contributed by atoms with Crippen LogP contribution in [0.25, 0.3) is 6.08 Å². The highest BCUT2D eigenvalue weighted by molar-refractivity contribution is 5.92. The van der Waals surface area contributed by atoms with Gasteiger partial charge < -0.3 is 9.64 Å². The average Bonchev–Trinajstić information content (AvgIpc) is 2.57. The van der Waals surface area contributed by atoms with Crippen LogP contribution in [-0.4, -0.2) is 41.4 Å². The molecule has 0 saturated heterocycles. The molecule has 1 rings (SSSR count). The first-order valence-corrected chi connectivity index (χ1v) is 7.46. The molecule has 0 aliphatic rings. The molecule has 1 amide bonds. The Hall–Kier alpha value is -2.96. The highest BCUT2D eigenvalue weighted by Gasteiger charge is 2.12. The molecule has 7 heteroatoms. The molecule has 0 unspecified atom stereocenters. The molecule has 0 N–H and O–H groups in total. The SMILES string of the molecule is C=CCN(CCC(=O)OCC)C(=O)/C=C/c1ccc([N+](=O)[O-])cc1. The number of amides is 1. The Kier molecular flexibility index (Phi) is 7.90. The lowest BCUT2D eigenvalue weighted by Gasteiger charge is -2.18. The van der Waals surface area contributed by atoms with Gasteiger partial charge in [-0.2, -0.15) is 0 Å². The van der Waals surface area contributed by atoms with Gasteiger partial charge in [0.25, 0.3) is 5.69 Å². The van der Waals surface area contributed by atoms with Crippen LogP contribution >= 0.6 is 0 Å². The van der Waals surface area contributed by atoms with Crippen LogP contribution in [0.4, 0.5) is 5.69 Å². The number of carbonyl (C=O) groups is 2. The Morgan fingerprint density at radius 2 is 2.00 bits per heavy atom. The Morgan fingerprint density at radius 3 is 2.54 bits per heavy atom. The fraction of sp³-hybridized carbons (Fsp3) is 0.294. The number of rotatable bonds is 9. The van der Waals surface area contributed by atoms with E-state index in [4.69, 9.17) is 4.74 Å². The lowest BCUT2D eigenvalue weighted by molar-refractivity contribution is -0.384. The van der Waals surface area contributed by atoms with Gasteiger partial charge in [0.2, 0.25) is 5.91 Å². The predicted molar refractivity (Wildman–Crippen MR) is 90.2 cm³/mol. The molecule has 0 saturated carbocycles. The van der Waals surface area contributed by atoms with Crippen LogP contribution in [0, 0.1) is 10.1 Å². The van der Waals surface area contributed by atoms with Crippen LogP contribution in [0.2, 0.25) is 0 Å². The largest absolute Gasteiger partial charge is 0.466 e. The summed E-state index contributed by atoms with van der Waals surface area (Å²) in [6, 6.07) is 5.84. The summed E-state index contributed by atoms with van der Waals surface area (Å²) in [5, 5.41) is 10.6. The zero-order chi connectivity index (χ0) is 17.9. The summed E-state index contributed by atoms with van der Waals surface area (Å²) < 4.78 is 4.83. The van der Waals surface area contributed by atoms with Crippen molar-refractivity contribution in [3.05, 3.63) is 58.7 Å². The van der Waals surface area contributed by atoms with Crippen molar-refractivity contribution in [1.29, 1.82) is 0 Å². The van der Waals surface area contributed by atoms with Crippen molar-refractivity contribution in [3.8, 4) is 0 Å². The highest BCUT2D eigenvalue weighted by Crippen LogP contribution is 2.13. The van der Waals surface area contributed by atoms with Crippen molar-refractivity contribution in [1.82, 2.24) is 4.90 Å². The molecule has 0 fully saturated rings. The third-order valence-corrected chi connectivity index (χ3v) is 3.07. The van der Waals surface area contributed by atoms with Gasteiger partial charge in [0, 0.05) is 31.3 Å². The van der Waals surface area contributed by atoms with E-state index in [9.17, 15) is 19.7 Å².